The summed E-state index contributed by atoms with van der Waals surface area (Å²) < 4.78 is 17.0. The van der Waals surface area contributed by atoms with Gasteiger partial charge in [0.25, 0.3) is 11.7 Å². The largest absolute Gasteiger partial charge is 0.507 e. The third-order valence-electron chi connectivity index (χ3n) is 6.53. The molecular weight excluding hydrogens is 470 g/mol. The number of ether oxygens (including phenoxy) is 3. The molecule has 1 heterocycles. The zero-order valence-corrected chi connectivity index (χ0v) is 21.7. The Kier molecular flexibility index (Phi) is 7.53. The van der Waals surface area contributed by atoms with Crippen LogP contribution in [0.2, 0.25) is 0 Å². The molecule has 1 atom stereocenters. The highest BCUT2D eigenvalue weighted by Crippen LogP contribution is 2.46. The number of ketones is 1. The molecule has 3 aromatic rings. The molecule has 1 saturated heterocycles. The third-order valence-corrected chi connectivity index (χ3v) is 6.53. The van der Waals surface area contributed by atoms with Crippen molar-refractivity contribution in [2.45, 2.75) is 33.7 Å². The summed E-state index contributed by atoms with van der Waals surface area (Å²) in [4.78, 5) is 28.6. The van der Waals surface area contributed by atoms with Crippen molar-refractivity contribution in [3.63, 3.8) is 0 Å². The van der Waals surface area contributed by atoms with Gasteiger partial charge in [0, 0.05) is 17.3 Å². The Morgan fingerprint density at radius 1 is 0.919 bits per heavy atom. The van der Waals surface area contributed by atoms with Crippen LogP contribution in [-0.4, -0.2) is 37.1 Å². The molecule has 3 aromatic carbocycles. The molecule has 0 aromatic heterocycles. The number of rotatable bonds is 8. The first-order valence-electron chi connectivity index (χ1n) is 12.2. The minimum atomic E-state index is -0.919. The van der Waals surface area contributed by atoms with E-state index in [1.165, 1.54) is 12.0 Å². The lowest BCUT2D eigenvalue weighted by Gasteiger charge is -2.28. The summed E-state index contributed by atoms with van der Waals surface area (Å²) in [6.45, 7) is 8.35. The number of methoxy groups -OCH3 is 1. The molecule has 0 aliphatic carbocycles. The van der Waals surface area contributed by atoms with Crippen molar-refractivity contribution in [2.24, 2.45) is 0 Å². The van der Waals surface area contributed by atoms with Crippen molar-refractivity contribution in [3.05, 3.63) is 88.5 Å². The lowest BCUT2D eigenvalue weighted by atomic mass is 9.93. The Labute approximate surface area is 216 Å². The van der Waals surface area contributed by atoms with Crippen molar-refractivity contribution in [3.8, 4) is 17.2 Å². The van der Waals surface area contributed by atoms with Gasteiger partial charge in [-0.2, -0.15) is 0 Å². The normalized spacial score (nSPS) is 16.7. The van der Waals surface area contributed by atoms with Crippen LogP contribution >= 0.6 is 0 Å². The van der Waals surface area contributed by atoms with Gasteiger partial charge in [0.15, 0.2) is 0 Å². The Morgan fingerprint density at radius 2 is 1.65 bits per heavy atom. The number of aryl methyl sites for hydroxylation is 1. The molecule has 1 unspecified atom stereocenters. The number of aliphatic hydroxyl groups excluding tert-OH is 1. The molecule has 1 aliphatic rings. The molecule has 7 heteroatoms. The molecule has 0 spiro atoms. The van der Waals surface area contributed by atoms with Gasteiger partial charge in [0.2, 0.25) is 0 Å². The molecular formula is C30H31NO6. The van der Waals surface area contributed by atoms with Crippen LogP contribution in [0.25, 0.3) is 5.76 Å². The van der Waals surface area contributed by atoms with Gasteiger partial charge in [0.05, 0.1) is 37.5 Å². The van der Waals surface area contributed by atoms with E-state index in [1.54, 1.807) is 36.4 Å². The lowest BCUT2D eigenvalue weighted by Crippen LogP contribution is -2.30. The number of carbonyl (C=O) groups excluding carboxylic acids is 2. The number of nitrogens with zero attached hydrogens (tertiary/aromatic N) is 1. The second-order valence-corrected chi connectivity index (χ2v) is 8.65. The standard InChI is InChI=1S/C30H31NO6/c1-6-36-20-15-16-22(25(17-20)37-7-2)28(32)26-27(21-12-8-9-14-24(21)35-5)31(30(34)29(26)33)23-13-10-11-18(3)19(23)4/h8-17,27,32H,6-7H2,1-5H3/b28-26+. The number of hydrogen-bond donors (Lipinski definition) is 1. The number of anilines is 1. The number of Topliss-reactive ketones (excluding diaryl/α,β-unsaturated/α-hetero) is 1. The van der Waals surface area contributed by atoms with Gasteiger partial charge in [0.1, 0.15) is 23.0 Å². The van der Waals surface area contributed by atoms with E-state index in [-0.39, 0.29) is 11.3 Å². The summed E-state index contributed by atoms with van der Waals surface area (Å²) in [7, 11) is 1.53. The number of amides is 1. The fourth-order valence-corrected chi connectivity index (χ4v) is 4.64. The van der Waals surface area contributed by atoms with E-state index in [4.69, 9.17) is 14.2 Å². The molecule has 1 N–H and O–H groups in total. The fraction of sp³-hybridized carbons (Fsp3) is 0.267. The smallest absolute Gasteiger partial charge is 0.300 e. The molecule has 1 aliphatic heterocycles. The van der Waals surface area contributed by atoms with Crippen molar-refractivity contribution in [1.82, 2.24) is 0 Å². The molecule has 7 nitrogen and oxygen atoms in total. The Bertz CT molecular complexity index is 1380. The second-order valence-electron chi connectivity index (χ2n) is 8.65. The maximum absolute atomic E-state index is 13.6. The van der Waals surface area contributed by atoms with Gasteiger partial charge >= 0.3 is 0 Å². The third kappa shape index (κ3) is 4.65. The molecule has 4 rings (SSSR count). The number of aliphatic hydroxyl groups is 1. The van der Waals surface area contributed by atoms with E-state index in [1.807, 2.05) is 52.0 Å². The zero-order valence-electron chi connectivity index (χ0n) is 21.7. The summed E-state index contributed by atoms with van der Waals surface area (Å²) in [5.74, 6) is -0.427. The average Bonchev–Trinajstić information content (AvgIpc) is 3.16. The molecule has 0 saturated carbocycles. The van der Waals surface area contributed by atoms with E-state index in [2.05, 4.69) is 0 Å². The predicted molar refractivity (Wildman–Crippen MR) is 142 cm³/mol. The fourth-order valence-electron chi connectivity index (χ4n) is 4.64. The number of hydrogen-bond acceptors (Lipinski definition) is 6. The van der Waals surface area contributed by atoms with E-state index in [0.29, 0.717) is 47.3 Å². The maximum Gasteiger partial charge on any atom is 0.300 e. The minimum Gasteiger partial charge on any atom is -0.507 e. The molecule has 0 bridgehead atoms. The van der Waals surface area contributed by atoms with Crippen LogP contribution in [0.1, 0.15) is 42.1 Å². The highest BCUT2D eigenvalue weighted by Gasteiger charge is 2.48. The van der Waals surface area contributed by atoms with Crippen molar-refractivity contribution in [2.75, 3.05) is 25.2 Å². The highest BCUT2D eigenvalue weighted by atomic mass is 16.5. The minimum absolute atomic E-state index is 0.0412. The van der Waals surface area contributed by atoms with Gasteiger partial charge in [-0.25, -0.2) is 0 Å². The molecule has 192 valence electrons. The molecule has 1 amide bonds. The van der Waals surface area contributed by atoms with E-state index >= 15 is 0 Å². The van der Waals surface area contributed by atoms with Gasteiger partial charge in [-0.3, -0.25) is 14.5 Å². The highest BCUT2D eigenvalue weighted by molar-refractivity contribution is 6.52. The second kappa shape index (κ2) is 10.8. The summed E-state index contributed by atoms with van der Waals surface area (Å²) in [6.07, 6.45) is 0. The topological polar surface area (TPSA) is 85.3 Å². The van der Waals surface area contributed by atoms with Crippen LogP contribution in [0.4, 0.5) is 5.69 Å². The maximum atomic E-state index is 13.6. The van der Waals surface area contributed by atoms with Crippen molar-refractivity contribution < 1.29 is 28.9 Å². The van der Waals surface area contributed by atoms with Gasteiger partial charge in [-0.1, -0.05) is 30.3 Å². The van der Waals surface area contributed by atoms with E-state index in [0.717, 1.165) is 11.1 Å². The lowest BCUT2D eigenvalue weighted by molar-refractivity contribution is -0.132. The quantitative estimate of drug-likeness (QED) is 0.241. The van der Waals surface area contributed by atoms with Crippen LogP contribution in [0.3, 0.4) is 0 Å². The summed E-state index contributed by atoms with van der Waals surface area (Å²) in [6, 6.07) is 16.9. The van der Waals surface area contributed by atoms with Gasteiger partial charge in [-0.15, -0.1) is 0 Å². The molecule has 1 fully saturated rings. The van der Waals surface area contributed by atoms with Crippen LogP contribution in [-0.2, 0) is 9.59 Å². The van der Waals surface area contributed by atoms with E-state index in [9.17, 15) is 14.7 Å². The Balaban J connectivity index is 2.01. The molecule has 0 radical (unpaired) electrons. The number of carbonyl (C=O) groups is 2. The van der Waals surface area contributed by atoms with Crippen LogP contribution in [0, 0.1) is 13.8 Å². The van der Waals surface area contributed by atoms with Gasteiger partial charge in [-0.05, 0) is 63.1 Å². The van der Waals surface area contributed by atoms with Crippen LogP contribution < -0.4 is 19.1 Å². The monoisotopic (exact) mass is 501 g/mol. The summed E-state index contributed by atoms with van der Waals surface area (Å²) in [5.41, 5.74) is 3.26. The average molecular weight is 502 g/mol. The molecule has 37 heavy (non-hydrogen) atoms. The first-order valence-corrected chi connectivity index (χ1v) is 12.2. The Hall–Kier alpha value is -4.26. The van der Waals surface area contributed by atoms with Crippen molar-refractivity contribution in [1.29, 1.82) is 0 Å². The van der Waals surface area contributed by atoms with E-state index < -0.39 is 17.7 Å². The zero-order chi connectivity index (χ0) is 26.7. The predicted octanol–water partition coefficient (Wildman–Crippen LogP) is 5.74. The Morgan fingerprint density at radius 3 is 2.35 bits per heavy atom. The van der Waals surface area contributed by atoms with Crippen LogP contribution in [0.5, 0.6) is 17.2 Å². The van der Waals surface area contributed by atoms with Crippen LogP contribution in [0.15, 0.2) is 66.2 Å². The number of benzene rings is 3. The van der Waals surface area contributed by atoms with Crippen molar-refractivity contribution >= 4 is 23.1 Å². The number of para-hydroxylation sites is 1. The SMILES string of the molecule is CCOc1ccc(/C(O)=C2\C(=O)C(=O)N(c3cccc(C)c3C)C2c2ccccc2OC)c(OCC)c1. The summed E-state index contributed by atoms with van der Waals surface area (Å²) >= 11 is 0. The first-order chi connectivity index (χ1) is 17.8. The first kappa shape index (κ1) is 25.8. The summed E-state index contributed by atoms with van der Waals surface area (Å²) in [5, 5.41) is 11.6. The van der Waals surface area contributed by atoms with Gasteiger partial charge < -0.3 is 19.3 Å².